The van der Waals surface area contributed by atoms with E-state index in [0.29, 0.717) is 12.1 Å². The number of anilines is 2. The van der Waals surface area contributed by atoms with Crippen LogP contribution < -0.4 is 5.32 Å². The maximum atomic E-state index is 10.5. The molecule has 5 heteroatoms. The molecule has 0 spiro atoms. The van der Waals surface area contributed by atoms with Gasteiger partial charge in [0.15, 0.2) is 0 Å². The number of aryl methyl sites for hydroxylation is 1. The van der Waals surface area contributed by atoms with Crippen LogP contribution in [0.5, 0.6) is 0 Å². The van der Waals surface area contributed by atoms with Gasteiger partial charge >= 0.3 is 0 Å². The zero-order chi connectivity index (χ0) is 22.7. The van der Waals surface area contributed by atoms with Gasteiger partial charge in [0.25, 0.3) is 0 Å². The Balaban J connectivity index is 1.56. The van der Waals surface area contributed by atoms with Crippen LogP contribution >= 0.6 is 0 Å². The molecule has 0 saturated carbocycles. The highest BCUT2D eigenvalue weighted by molar-refractivity contribution is 5.73. The highest BCUT2D eigenvalue weighted by Gasteiger charge is 2.25. The smallest absolute Gasteiger partial charge is 0.101 e. The lowest BCUT2D eigenvalue weighted by Gasteiger charge is -2.35. The molecule has 2 heterocycles. The van der Waals surface area contributed by atoms with Crippen LogP contribution in [0, 0.1) is 18.3 Å². The molecule has 3 aromatic rings. The number of fused-ring (bicyclic) bond motifs is 1. The lowest BCUT2D eigenvalue weighted by atomic mass is 9.95. The van der Waals surface area contributed by atoms with Crippen LogP contribution in [0.25, 0.3) is 11.3 Å². The fourth-order valence-corrected chi connectivity index (χ4v) is 4.26. The first-order valence-electron chi connectivity index (χ1n) is 11.2. The summed E-state index contributed by atoms with van der Waals surface area (Å²) < 4.78 is 0. The number of rotatable bonds is 6. The third-order valence-electron chi connectivity index (χ3n) is 6.36. The largest absolute Gasteiger partial charge is 0.389 e. The lowest BCUT2D eigenvalue weighted by molar-refractivity contribution is 0.0125. The Morgan fingerprint density at radius 2 is 2.06 bits per heavy atom. The summed E-state index contributed by atoms with van der Waals surface area (Å²) in [5.74, 6) is 0. The van der Waals surface area contributed by atoms with Crippen molar-refractivity contribution in [2.24, 2.45) is 0 Å². The van der Waals surface area contributed by atoms with E-state index in [2.05, 4.69) is 64.6 Å². The molecule has 1 aliphatic heterocycles. The van der Waals surface area contributed by atoms with Gasteiger partial charge in [0, 0.05) is 42.8 Å². The SMILES string of the molecule is CCC(C)(O)CN1CCc2c(cccc2Nc2ccc(C)c(-c3ccc(C#N)cn3)c2)C1. The Morgan fingerprint density at radius 3 is 2.78 bits per heavy atom. The number of pyridine rings is 1. The third-order valence-corrected chi connectivity index (χ3v) is 6.36. The topological polar surface area (TPSA) is 72.2 Å². The van der Waals surface area contributed by atoms with Crippen molar-refractivity contribution < 1.29 is 5.11 Å². The highest BCUT2D eigenvalue weighted by Crippen LogP contribution is 2.32. The van der Waals surface area contributed by atoms with E-state index in [-0.39, 0.29) is 0 Å². The molecule has 5 nitrogen and oxygen atoms in total. The summed E-state index contributed by atoms with van der Waals surface area (Å²) in [6, 6.07) is 18.6. The summed E-state index contributed by atoms with van der Waals surface area (Å²) in [5.41, 5.74) is 7.77. The fourth-order valence-electron chi connectivity index (χ4n) is 4.26. The van der Waals surface area contributed by atoms with Gasteiger partial charge in [-0.1, -0.05) is 25.1 Å². The minimum atomic E-state index is -0.648. The molecule has 4 rings (SSSR count). The van der Waals surface area contributed by atoms with E-state index in [0.717, 1.165) is 54.1 Å². The molecule has 32 heavy (non-hydrogen) atoms. The normalized spacial score (nSPS) is 15.5. The van der Waals surface area contributed by atoms with Crippen molar-refractivity contribution in [3.05, 3.63) is 77.0 Å². The summed E-state index contributed by atoms with van der Waals surface area (Å²) in [7, 11) is 0. The highest BCUT2D eigenvalue weighted by atomic mass is 16.3. The molecule has 164 valence electrons. The minimum Gasteiger partial charge on any atom is -0.389 e. The number of benzene rings is 2. The first kappa shape index (κ1) is 22.0. The Kier molecular flexibility index (Phi) is 6.27. The number of nitrogens with one attached hydrogen (secondary N) is 1. The number of hydrogen-bond donors (Lipinski definition) is 2. The average molecular weight is 427 g/mol. The molecule has 2 aromatic carbocycles. The second kappa shape index (κ2) is 9.12. The summed E-state index contributed by atoms with van der Waals surface area (Å²) >= 11 is 0. The van der Waals surface area contributed by atoms with E-state index in [4.69, 9.17) is 5.26 Å². The first-order chi connectivity index (χ1) is 15.4. The van der Waals surface area contributed by atoms with Crippen molar-refractivity contribution in [1.29, 1.82) is 5.26 Å². The first-order valence-corrected chi connectivity index (χ1v) is 11.2. The number of aliphatic hydroxyl groups is 1. The van der Waals surface area contributed by atoms with Gasteiger partial charge in [-0.25, -0.2) is 0 Å². The van der Waals surface area contributed by atoms with Gasteiger partial charge in [-0.3, -0.25) is 9.88 Å². The second-order valence-corrected chi connectivity index (χ2v) is 8.95. The third kappa shape index (κ3) is 4.83. The Labute approximate surface area is 190 Å². The van der Waals surface area contributed by atoms with Gasteiger partial charge in [0.05, 0.1) is 16.9 Å². The van der Waals surface area contributed by atoms with Crippen LogP contribution in [0.15, 0.2) is 54.7 Å². The standard InChI is InChI=1S/C27H30N4O/c1-4-27(3,32)18-31-13-12-23-21(17-31)6-5-7-26(23)30-22-10-8-19(2)24(14-22)25-11-9-20(15-28)16-29-25/h5-11,14,16,30,32H,4,12-13,17-18H2,1-3H3. The predicted octanol–water partition coefficient (Wildman–Crippen LogP) is 5.19. The van der Waals surface area contributed by atoms with Crippen LogP contribution in [0.1, 0.15) is 42.5 Å². The maximum Gasteiger partial charge on any atom is 0.101 e. The summed E-state index contributed by atoms with van der Waals surface area (Å²) in [5, 5.41) is 23.1. The van der Waals surface area contributed by atoms with Crippen molar-refractivity contribution in [3.8, 4) is 17.3 Å². The Hall–Kier alpha value is -3.20. The number of hydrogen-bond acceptors (Lipinski definition) is 5. The summed E-state index contributed by atoms with van der Waals surface area (Å²) in [6.45, 7) is 8.51. The average Bonchev–Trinajstić information content (AvgIpc) is 2.80. The monoisotopic (exact) mass is 426 g/mol. The van der Waals surface area contributed by atoms with Crippen molar-refractivity contribution in [2.45, 2.75) is 45.8 Å². The van der Waals surface area contributed by atoms with E-state index < -0.39 is 5.60 Å². The van der Waals surface area contributed by atoms with Crippen LogP contribution in [0.4, 0.5) is 11.4 Å². The van der Waals surface area contributed by atoms with E-state index in [1.165, 1.54) is 11.1 Å². The molecule has 1 aromatic heterocycles. The van der Waals surface area contributed by atoms with Crippen molar-refractivity contribution in [2.75, 3.05) is 18.4 Å². The molecule has 1 unspecified atom stereocenters. The molecular weight excluding hydrogens is 396 g/mol. The summed E-state index contributed by atoms with van der Waals surface area (Å²) in [6.07, 6.45) is 3.32. The lowest BCUT2D eigenvalue weighted by Crippen LogP contribution is -2.42. The van der Waals surface area contributed by atoms with E-state index in [1.807, 2.05) is 19.9 Å². The predicted molar refractivity (Wildman–Crippen MR) is 129 cm³/mol. The Morgan fingerprint density at radius 1 is 1.22 bits per heavy atom. The number of β-amino-alcohol motifs (C(OH)–C–C–N with tert-alkyl or cyclic N) is 1. The molecule has 0 amide bonds. The van der Waals surface area contributed by atoms with Crippen LogP contribution in [-0.4, -0.2) is 33.7 Å². The number of nitriles is 1. The van der Waals surface area contributed by atoms with Crippen LogP contribution in [0.3, 0.4) is 0 Å². The number of nitrogens with zero attached hydrogens (tertiary/aromatic N) is 3. The van der Waals surface area contributed by atoms with Crippen LogP contribution in [0.2, 0.25) is 0 Å². The van der Waals surface area contributed by atoms with Gasteiger partial charge in [-0.15, -0.1) is 0 Å². The molecule has 0 radical (unpaired) electrons. The molecule has 0 aliphatic carbocycles. The van der Waals surface area contributed by atoms with Crippen molar-refractivity contribution >= 4 is 11.4 Å². The van der Waals surface area contributed by atoms with Gasteiger partial charge in [-0.05, 0) is 73.7 Å². The van der Waals surface area contributed by atoms with Gasteiger partial charge in [0.1, 0.15) is 6.07 Å². The molecule has 1 aliphatic rings. The van der Waals surface area contributed by atoms with Gasteiger partial charge < -0.3 is 10.4 Å². The molecule has 2 N–H and O–H groups in total. The zero-order valence-electron chi connectivity index (χ0n) is 19.0. The number of aromatic nitrogens is 1. The minimum absolute atomic E-state index is 0.561. The van der Waals surface area contributed by atoms with Gasteiger partial charge in [-0.2, -0.15) is 5.26 Å². The molecule has 1 atom stereocenters. The summed E-state index contributed by atoms with van der Waals surface area (Å²) in [4.78, 5) is 6.81. The second-order valence-electron chi connectivity index (χ2n) is 8.95. The quantitative estimate of drug-likeness (QED) is 0.567. The van der Waals surface area contributed by atoms with E-state index >= 15 is 0 Å². The van der Waals surface area contributed by atoms with E-state index in [1.54, 1.807) is 12.3 Å². The van der Waals surface area contributed by atoms with E-state index in [9.17, 15) is 5.11 Å². The molecular formula is C27H30N4O. The molecule has 0 saturated heterocycles. The van der Waals surface area contributed by atoms with Crippen molar-refractivity contribution in [3.63, 3.8) is 0 Å². The van der Waals surface area contributed by atoms with Crippen molar-refractivity contribution in [1.82, 2.24) is 9.88 Å². The van der Waals surface area contributed by atoms with Crippen LogP contribution in [-0.2, 0) is 13.0 Å². The molecule has 0 bridgehead atoms. The maximum absolute atomic E-state index is 10.5. The van der Waals surface area contributed by atoms with Gasteiger partial charge in [0.2, 0.25) is 0 Å². The zero-order valence-corrected chi connectivity index (χ0v) is 19.0. The fraction of sp³-hybridized carbons (Fsp3) is 0.333. The Bertz CT molecular complexity index is 1150. The molecule has 0 fully saturated rings.